The van der Waals surface area contributed by atoms with Gasteiger partial charge < -0.3 is 9.47 Å². The van der Waals surface area contributed by atoms with E-state index in [1.165, 1.54) is 0 Å². The maximum Gasteiger partial charge on any atom is 0.137 e. The van der Waals surface area contributed by atoms with Crippen LogP contribution in [0.5, 0.6) is 11.5 Å². The van der Waals surface area contributed by atoms with Crippen LogP contribution in [-0.4, -0.2) is 14.2 Å². The molecule has 0 aliphatic heterocycles. The summed E-state index contributed by atoms with van der Waals surface area (Å²) in [6.45, 7) is 0. The third-order valence-electron chi connectivity index (χ3n) is 2.05. The maximum absolute atomic E-state index is 8.54. The van der Waals surface area contributed by atoms with E-state index < -0.39 is 0 Å². The number of halogens is 1. The van der Waals surface area contributed by atoms with Crippen molar-refractivity contribution in [2.75, 3.05) is 14.2 Å². The van der Waals surface area contributed by atoms with Gasteiger partial charge in [-0.05, 0) is 34.0 Å². The van der Waals surface area contributed by atoms with Gasteiger partial charge in [-0.3, -0.25) is 0 Å². The minimum Gasteiger partial charge on any atom is -0.497 e. The van der Waals surface area contributed by atoms with Gasteiger partial charge in [0.05, 0.1) is 24.8 Å². The molecule has 1 rings (SSSR count). The van der Waals surface area contributed by atoms with E-state index in [1.54, 1.807) is 20.3 Å². The van der Waals surface area contributed by atoms with E-state index in [2.05, 4.69) is 22.0 Å². The van der Waals surface area contributed by atoms with Crippen LogP contribution < -0.4 is 9.47 Å². The number of methoxy groups -OCH3 is 2. The van der Waals surface area contributed by atoms with E-state index in [1.807, 2.05) is 6.07 Å². The molecule has 0 heterocycles. The molecule has 0 unspecified atom stereocenters. The third-order valence-corrected chi connectivity index (χ3v) is 2.95. The fraction of sp³-hybridized carbons (Fsp3) is 0.364. The van der Waals surface area contributed by atoms with Crippen molar-refractivity contribution >= 4 is 15.9 Å². The average Bonchev–Trinajstić information content (AvgIpc) is 2.27. The van der Waals surface area contributed by atoms with Crippen molar-refractivity contribution in [2.45, 2.75) is 12.8 Å². The maximum atomic E-state index is 8.54. The lowest BCUT2D eigenvalue weighted by atomic mass is 10.1. The van der Waals surface area contributed by atoms with Gasteiger partial charge in [-0.2, -0.15) is 5.26 Å². The molecule has 0 radical (unpaired) electrons. The van der Waals surface area contributed by atoms with Crippen LogP contribution in [0, 0.1) is 11.3 Å². The lowest BCUT2D eigenvalue weighted by Crippen LogP contribution is -1.94. The molecule has 0 atom stereocenters. The minimum absolute atomic E-state index is 0.481. The fourth-order valence-corrected chi connectivity index (χ4v) is 1.86. The summed E-state index contributed by atoms with van der Waals surface area (Å²) >= 11 is 3.44. The Labute approximate surface area is 97.7 Å². The molecule has 0 amide bonds. The normalized spacial score (nSPS) is 9.47. The molecule has 15 heavy (non-hydrogen) atoms. The van der Waals surface area contributed by atoms with Crippen molar-refractivity contribution in [1.29, 1.82) is 5.26 Å². The molecule has 0 aliphatic rings. The van der Waals surface area contributed by atoms with Gasteiger partial charge in [0.25, 0.3) is 0 Å². The van der Waals surface area contributed by atoms with Gasteiger partial charge >= 0.3 is 0 Å². The number of benzene rings is 1. The molecule has 0 saturated carbocycles. The highest BCUT2D eigenvalue weighted by Crippen LogP contribution is 2.33. The molecule has 0 aliphatic carbocycles. The number of hydrogen-bond donors (Lipinski definition) is 0. The first-order valence-electron chi connectivity index (χ1n) is 4.50. The average molecular weight is 270 g/mol. The molecule has 0 bridgehead atoms. The predicted octanol–water partition coefficient (Wildman–Crippen LogP) is 2.92. The molecule has 1 aromatic rings. The van der Waals surface area contributed by atoms with Crippen molar-refractivity contribution in [1.82, 2.24) is 0 Å². The van der Waals surface area contributed by atoms with Gasteiger partial charge in [-0.1, -0.05) is 0 Å². The first kappa shape index (κ1) is 11.9. The number of hydrogen-bond acceptors (Lipinski definition) is 3. The zero-order valence-electron chi connectivity index (χ0n) is 8.71. The minimum atomic E-state index is 0.481. The van der Waals surface area contributed by atoms with Crippen LogP contribution in [0.3, 0.4) is 0 Å². The van der Waals surface area contributed by atoms with Gasteiger partial charge in [-0.15, -0.1) is 0 Å². The van der Waals surface area contributed by atoms with Crippen molar-refractivity contribution in [2.24, 2.45) is 0 Å². The van der Waals surface area contributed by atoms with Gasteiger partial charge in [0.1, 0.15) is 11.5 Å². The van der Waals surface area contributed by atoms with Crippen LogP contribution in [0.2, 0.25) is 0 Å². The Kier molecular flexibility index (Phi) is 4.44. The predicted molar refractivity (Wildman–Crippen MR) is 61.2 cm³/mol. The van der Waals surface area contributed by atoms with Crippen molar-refractivity contribution in [3.8, 4) is 17.6 Å². The van der Waals surface area contributed by atoms with Crippen LogP contribution in [-0.2, 0) is 6.42 Å². The third kappa shape index (κ3) is 2.87. The summed E-state index contributed by atoms with van der Waals surface area (Å²) in [6, 6.07) is 5.83. The Morgan fingerprint density at radius 1 is 1.33 bits per heavy atom. The summed E-state index contributed by atoms with van der Waals surface area (Å²) in [5.74, 6) is 1.46. The number of rotatable bonds is 4. The molecule has 0 spiro atoms. The van der Waals surface area contributed by atoms with Crippen LogP contribution in [0.4, 0.5) is 0 Å². The number of aryl methyl sites for hydroxylation is 1. The largest absolute Gasteiger partial charge is 0.497 e. The van der Waals surface area contributed by atoms with Gasteiger partial charge in [-0.25, -0.2) is 0 Å². The van der Waals surface area contributed by atoms with Crippen LogP contribution in [0.1, 0.15) is 12.0 Å². The molecular weight excluding hydrogens is 258 g/mol. The highest BCUT2D eigenvalue weighted by molar-refractivity contribution is 9.10. The standard InChI is InChI=1S/C11H12BrNO2/c1-14-9-6-8(4-3-5-13)11(12)10(7-9)15-2/h6-7H,3-4H2,1-2H3. The Morgan fingerprint density at radius 3 is 2.60 bits per heavy atom. The molecule has 0 fully saturated rings. The molecule has 0 saturated heterocycles. The fourth-order valence-electron chi connectivity index (χ4n) is 1.27. The monoisotopic (exact) mass is 269 g/mol. The topological polar surface area (TPSA) is 42.2 Å². The summed E-state index contributed by atoms with van der Waals surface area (Å²) in [4.78, 5) is 0. The molecule has 0 aromatic heterocycles. The Hall–Kier alpha value is -1.21. The van der Waals surface area contributed by atoms with E-state index in [-0.39, 0.29) is 0 Å². The van der Waals surface area contributed by atoms with E-state index >= 15 is 0 Å². The van der Waals surface area contributed by atoms with Crippen molar-refractivity contribution in [3.05, 3.63) is 22.2 Å². The van der Waals surface area contributed by atoms with E-state index in [9.17, 15) is 0 Å². The van der Waals surface area contributed by atoms with Crippen molar-refractivity contribution < 1.29 is 9.47 Å². The highest BCUT2D eigenvalue weighted by atomic mass is 79.9. The van der Waals surface area contributed by atoms with Crippen LogP contribution in [0.15, 0.2) is 16.6 Å². The smallest absolute Gasteiger partial charge is 0.137 e. The molecule has 1 aromatic carbocycles. The molecule has 4 heteroatoms. The second-order valence-electron chi connectivity index (χ2n) is 2.96. The lowest BCUT2D eigenvalue weighted by molar-refractivity contribution is 0.391. The Balaban J connectivity index is 3.07. The van der Waals surface area contributed by atoms with E-state index in [0.29, 0.717) is 12.8 Å². The van der Waals surface area contributed by atoms with E-state index in [4.69, 9.17) is 14.7 Å². The summed E-state index contributed by atoms with van der Waals surface area (Å²) in [5.41, 5.74) is 1.02. The Morgan fingerprint density at radius 2 is 2.07 bits per heavy atom. The van der Waals surface area contributed by atoms with Gasteiger partial charge in [0, 0.05) is 12.5 Å². The second kappa shape index (κ2) is 5.62. The number of ether oxygens (including phenoxy) is 2. The summed E-state index contributed by atoms with van der Waals surface area (Å²) in [6.07, 6.45) is 1.17. The molecule has 0 N–H and O–H groups in total. The quantitative estimate of drug-likeness (QED) is 0.844. The number of nitrogens with zero attached hydrogens (tertiary/aromatic N) is 1. The van der Waals surface area contributed by atoms with E-state index in [0.717, 1.165) is 21.5 Å². The van der Waals surface area contributed by atoms with Gasteiger partial charge in [0.15, 0.2) is 0 Å². The molecule has 80 valence electrons. The summed E-state index contributed by atoms with van der Waals surface area (Å²) in [7, 11) is 3.21. The summed E-state index contributed by atoms with van der Waals surface area (Å²) < 4.78 is 11.2. The van der Waals surface area contributed by atoms with Crippen LogP contribution in [0.25, 0.3) is 0 Å². The first-order valence-corrected chi connectivity index (χ1v) is 5.29. The SMILES string of the molecule is COc1cc(CCC#N)c(Br)c(OC)c1. The second-order valence-corrected chi connectivity index (χ2v) is 3.75. The zero-order chi connectivity index (χ0) is 11.3. The zero-order valence-corrected chi connectivity index (χ0v) is 10.3. The summed E-state index contributed by atoms with van der Waals surface area (Å²) in [5, 5.41) is 8.54. The first-order chi connectivity index (χ1) is 7.22. The lowest BCUT2D eigenvalue weighted by Gasteiger charge is -2.10. The highest BCUT2D eigenvalue weighted by Gasteiger charge is 2.09. The Bertz CT molecular complexity index is 385. The number of nitriles is 1. The van der Waals surface area contributed by atoms with Crippen LogP contribution >= 0.6 is 15.9 Å². The molecular formula is C11H12BrNO2. The molecule has 3 nitrogen and oxygen atoms in total. The van der Waals surface area contributed by atoms with Gasteiger partial charge in [0.2, 0.25) is 0 Å². The van der Waals surface area contributed by atoms with Crippen molar-refractivity contribution in [3.63, 3.8) is 0 Å².